The first-order chi connectivity index (χ1) is 6.00. The van der Waals surface area contributed by atoms with Crippen LogP contribution in [0.25, 0.3) is 0 Å². The first-order valence-electron chi connectivity index (χ1n) is 3.07. The van der Waals surface area contributed by atoms with E-state index in [9.17, 15) is 4.39 Å². The summed E-state index contributed by atoms with van der Waals surface area (Å²) in [6.45, 7) is 0. The summed E-state index contributed by atoms with van der Waals surface area (Å²) in [5.74, 6) is -0.316. The van der Waals surface area contributed by atoms with Crippen LogP contribution in [0.5, 0.6) is 0 Å². The van der Waals surface area contributed by atoms with Gasteiger partial charge in [0.1, 0.15) is 0 Å². The maximum atomic E-state index is 13.4. The highest BCUT2D eigenvalue weighted by Gasteiger charge is 2.17. The fourth-order valence-corrected chi connectivity index (χ4v) is 4.51. The second-order valence-electron chi connectivity index (χ2n) is 2.18. The molecule has 0 aliphatic carbocycles. The molecule has 0 fully saturated rings. The van der Waals surface area contributed by atoms with Crippen LogP contribution in [-0.4, -0.2) is 0 Å². The topological polar surface area (TPSA) is 0 Å². The number of alkyl halides is 1. The van der Waals surface area contributed by atoms with Gasteiger partial charge in [0.2, 0.25) is 0 Å². The Hall–Kier alpha value is 1.55. The van der Waals surface area contributed by atoms with E-state index in [1.807, 2.05) is 0 Å². The summed E-state index contributed by atoms with van der Waals surface area (Å²) in [4.78, 5) is 0. The molecule has 0 aliphatic heterocycles. The van der Waals surface area contributed by atoms with E-state index >= 15 is 0 Å². The number of benzene rings is 1. The van der Waals surface area contributed by atoms with Crippen LogP contribution in [0.2, 0.25) is 0 Å². The summed E-state index contributed by atoms with van der Waals surface area (Å²) < 4.78 is 15.7. The van der Waals surface area contributed by atoms with E-state index in [2.05, 4.69) is 79.6 Å². The van der Waals surface area contributed by atoms with E-state index < -0.39 is 0 Å². The molecular weight excluding hydrogens is 503 g/mol. The van der Waals surface area contributed by atoms with Crippen molar-refractivity contribution in [3.05, 3.63) is 29.3 Å². The number of halogens is 6. The smallest absolute Gasteiger partial charge is 0.153 e. The van der Waals surface area contributed by atoms with Crippen LogP contribution in [0, 0.1) is 5.82 Å². The third-order valence-electron chi connectivity index (χ3n) is 1.43. The maximum absolute atomic E-state index is 13.4. The van der Waals surface area contributed by atoms with Crippen LogP contribution in [-0.2, 0) is 5.33 Å². The molecule has 0 bridgehead atoms. The van der Waals surface area contributed by atoms with E-state index in [0.29, 0.717) is 14.3 Å². The Morgan fingerprint density at radius 3 is 1.54 bits per heavy atom. The molecular formula is C7H2Br5F. The molecule has 0 unspecified atom stereocenters. The van der Waals surface area contributed by atoms with Crippen molar-refractivity contribution < 1.29 is 4.39 Å². The molecule has 1 aromatic carbocycles. The van der Waals surface area contributed by atoms with Crippen molar-refractivity contribution in [2.45, 2.75) is 5.33 Å². The number of hydrogen-bond acceptors (Lipinski definition) is 0. The fraction of sp³-hybridized carbons (Fsp3) is 0.143. The summed E-state index contributed by atoms with van der Waals surface area (Å²) in [7, 11) is 0. The lowest BCUT2D eigenvalue weighted by Crippen LogP contribution is -1.91. The Balaban J connectivity index is 3.56. The van der Waals surface area contributed by atoms with Gasteiger partial charge in [-0.3, -0.25) is 0 Å². The van der Waals surface area contributed by atoms with Crippen molar-refractivity contribution in [2.75, 3.05) is 0 Å². The predicted octanol–water partition coefficient (Wildman–Crippen LogP) is 5.77. The SMILES string of the molecule is Fc1c(Br)c(Br)c(CBr)c(Br)c1Br. The van der Waals surface area contributed by atoms with Crippen molar-refractivity contribution in [1.29, 1.82) is 0 Å². The highest BCUT2D eigenvalue weighted by Crippen LogP contribution is 2.41. The van der Waals surface area contributed by atoms with Gasteiger partial charge < -0.3 is 0 Å². The minimum Gasteiger partial charge on any atom is -0.204 e. The summed E-state index contributed by atoms with van der Waals surface area (Å²) >= 11 is 16.3. The number of rotatable bonds is 1. The van der Waals surface area contributed by atoms with Gasteiger partial charge in [-0.1, -0.05) is 15.9 Å². The summed E-state index contributed by atoms with van der Waals surface area (Å²) in [6, 6.07) is 0. The molecule has 0 N–H and O–H groups in total. The molecule has 0 heterocycles. The van der Waals surface area contributed by atoms with Crippen LogP contribution in [0.4, 0.5) is 4.39 Å². The van der Waals surface area contributed by atoms with Crippen LogP contribution >= 0.6 is 79.6 Å². The Morgan fingerprint density at radius 1 is 0.846 bits per heavy atom. The first-order valence-corrected chi connectivity index (χ1v) is 7.36. The zero-order valence-electron chi connectivity index (χ0n) is 5.97. The summed E-state index contributed by atoms with van der Waals surface area (Å²) in [5, 5.41) is 0.644. The van der Waals surface area contributed by atoms with Crippen LogP contribution in [0.15, 0.2) is 17.9 Å². The van der Waals surface area contributed by atoms with Gasteiger partial charge in [-0.25, -0.2) is 4.39 Å². The van der Waals surface area contributed by atoms with Crippen LogP contribution in [0.1, 0.15) is 5.56 Å². The average Bonchev–Trinajstić information content (AvgIpc) is 2.13. The molecule has 0 saturated heterocycles. The molecule has 1 aromatic rings. The summed E-state index contributed by atoms with van der Waals surface area (Å²) in [6.07, 6.45) is 0. The van der Waals surface area contributed by atoms with E-state index in [1.165, 1.54) is 0 Å². The Kier molecular flexibility index (Phi) is 4.91. The molecule has 13 heavy (non-hydrogen) atoms. The third kappa shape index (κ3) is 2.38. The normalized spacial score (nSPS) is 10.6. The van der Waals surface area contributed by atoms with Gasteiger partial charge in [0, 0.05) is 14.3 Å². The van der Waals surface area contributed by atoms with Gasteiger partial charge in [-0.05, 0) is 69.3 Å². The molecule has 6 heteroatoms. The second kappa shape index (κ2) is 5.05. The standard InChI is InChI=1S/C7H2Br5F/c8-1-2-3(9)5(11)7(13)6(12)4(2)10/h1H2. The Bertz CT molecular complexity index is 320. The largest absolute Gasteiger partial charge is 0.204 e. The molecule has 72 valence electrons. The van der Waals surface area contributed by atoms with Crippen molar-refractivity contribution in [3.63, 3.8) is 0 Å². The third-order valence-corrected chi connectivity index (χ3v) is 6.30. The minimum absolute atomic E-state index is 0.316. The zero-order chi connectivity index (χ0) is 10.2. The molecule has 0 saturated carbocycles. The Labute approximate surface area is 117 Å². The monoisotopic (exact) mass is 500 g/mol. The molecule has 0 aliphatic rings. The minimum atomic E-state index is -0.316. The van der Waals surface area contributed by atoms with Crippen molar-refractivity contribution in [1.82, 2.24) is 0 Å². The maximum Gasteiger partial charge on any atom is 0.153 e. The molecule has 0 atom stereocenters. The number of hydrogen-bond donors (Lipinski definition) is 0. The first kappa shape index (κ1) is 12.6. The highest BCUT2D eigenvalue weighted by atomic mass is 79.9. The summed E-state index contributed by atoms with van der Waals surface area (Å²) in [5.41, 5.74) is 0.958. The van der Waals surface area contributed by atoms with E-state index in [4.69, 9.17) is 0 Å². The van der Waals surface area contributed by atoms with E-state index in [0.717, 1.165) is 14.5 Å². The quantitative estimate of drug-likeness (QED) is 0.259. The lowest BCUT2D eigenvalue weighted by molar-refractivity contribution is 0.611. The molecule has 1 rings (SSSR count). The Morgan fingerprint density at radius 2 is 1.23 bits per heavy atom. The van der Waals surface area contributed by atoms with E-state index in [1.54, 1.807) is 0 Å². The molecule has 0 aromatic heterocycles. The average molecular weight is 505 g/mol. The fourth-order valence-electron chi connectivity index (χ4n) is 0.768. The van der Waals surface area contributed by atoms with Gasteiger partial charge in [0.05, 0.1) is 8.95 Å². The van der Waals surface area contributed by atoms with Gasteiger partial charge in [-0.15, -0.1) is 0 Å². The molecule has 0 radical (unpaired) electrons. The van der Waals surface area contributed by atoms with Gasteiger partial charge in [0.15, 0.2) is 5.82 Å². The van der Waals surface area contributed by atoms with Crippen LogP contribution < -0.4 is 0 Å². The van der Waals surface area contributed by atoms with Gasteiger partial charge >= 0.3 is 0 Å². The van der Waals surface area contributed by atoms with E-state index in [-0.39, 0.29) is 5.82 Å². The molecule has 0 spiro atoms. The van der Waals surface area contributed by atoms with Crippen molar-refractivity contribution in [2.24, 2.45) is 0 Å². The van der Waals surface area contributed by atoms with Gasteiger partial charge in [0.25, 0.3) is 0 Å². The zero-order valence-corrected chi connectivity index (χ0v) is 13.9. The molecule has 0 amide bonds. The van der Waals surface area contributed by atoms with Crippen LogP contribution in [0.3, 0.4) is 0 Å². The lowest BCUT2D eigenvalue weighted by Gasteiger charge is -2.09. The van der Waals surface area contributed by atoms with Crippen molar-refractivity contribution in [3.8, 4) is 0 Å². The van der Waals surface area contributed by atoms with Crippen molar-refractivity contribution >= 4 is 79.6 Å². The van der Waals surface area contributed by atoms with Gasteiger partial charge in [-0.2, -0.15) is 0 Å². The highest BCUT2D eigenvalue weighted by molar-refractivity contribution is 9.14. The lowest BCUT2D eigenvalue weighted by atomic mass is 10.2. The second-order valence-corrected chi connectivity index (χ2v) is 5.91. The molecule has 0 nitrogen and oxygen atoms in total. The predicted molar refractivity (Wildman–Crippen MR) is 69.8 cm³/mol.